The average molecular weight is 293 g/mol. The lowest BCUT2D eigenvalue weighted by Crippen LogP contribution is -2.27. The SMILES string of the molecule is COC(=O)c1cc(CNC(=O)CC(C)(C)C)ccc1OC. The Hall–Kier alpha value is -2.04. The van der Waals surface area contributed by atoms with Gasteiger partial charge in [-0.1, -0.05) is 26.8 Å². The van der Waals surface area contributed by atoms with Crippen LogP contribution in [0.15, 0.2) is 18.2 Å². The minimum atomic E-state index is -0.463. The van der Waals surface area contributed by atoms with Crippen LogP contribution in [0.3, 0.4) is 0 Å². The second-order valence-corrected chi connectivity index (χ2v) is 6.04. The number of hydrogen-bond donors (Lipinski definition) is 1. The first-order valence-electron chi connectivity index (χ1n) is 6.79. The molecule has 1 aromatic carbocycles. The topological polar surface area (TPSA) is 64.6 Å². The molecule has 0 atom stereocenters. The quantitative estimate of drug-likeness (QED) is 0.847. The summed E-state index contributed by atoms with van der Waals surface area (Å²) in [7, 11) is 2.81. The molecule has 0 saturated heterocycles. The fourth-order valence-corrected chi connectivity index (χ4v) is 1.88. The Labute approximate surface area is 125 Å². The average Bonchev–Trinajstić information content (AvgIpc) is 2.42. The number of rotatable bonds is 5. The lowest BCUT2D eigenvalue weighted by Gasteiger charge is -2.17. The Morgan fingerprint density at radius 1 is 1.19 bits per heavy atom. The van der Waals surface area contributed by atoms with Gasteiger partial charge < -0.3 is 14.8 Å². The van der Waals surface area contributed by atoms with E-state index in [1.807, 2.05) is 26.8 Å². The fraction of sp³-hybridized carbons (Fsp3) is 0.500. The van der Waals surface area contributed by atoms with Gasteiger partial charge in [-0.15, -0.1) is 0 Å². The summed E-state index contributed by atoms with van der Waals surface area (Å²) >= 11 is 0. The van der Waals surface area contributed by atoms with Gasteiger partial charge in [0.15, 0.2) is 0 Å². The van der Waals surface area contributed by atoms with Crippen LogP contribution in [0.1, 0.15) is 43.1 Å². The molecule has 0 heterocycles. The summed E-state index contributed by atoms with van der Waals surface area (Å²) in [4.78, 5) is 23.5. The summed E-state index contributed by atoms with van der Waals surface area (Å²) < 4.78 is 9.85. The van der Waals surface area contributed by atoms with Gasteiger partial charge in [0.25, 0.3) is 0 Å². The van der Waals surface area contributed by atoms with Gasteiger partial charge in [-0.2, -0.15) is 0 Å². The Balaban J connectivity index is 2.77. The maximum Gasteiger partial charge on any atom is 0.341 e. The van der Waals surface area contributed by atoms with Crippen LogP contribution in [-0.4, -0.2) is 26.1 Å². The van der Waals surface area contributed by atoms with E-state index in [0.717, 1.165) is 5.56 Å². The van der Waals surface area contributed by atoms with Crippen molar-refractivity contribution in [1.29, 1.82) is 0 Å². The lowest BCUT2D eigenvalue weighted by molar-refractivity contribution is -0.122. The van der Waals surface area contributed by atoms with Gasteiger partial charge >= 0.3 is 5.97 Å². The standard InChI is InChI=1S/C16H23NO4/c1-16(2,3)9-14(18)17-10-11-6-7-13(20-4)12(8-11)15(19)21-5/h6-8H,9-10H2,1-5H3,(H,17,18). The molecular weight excluding hydrogens is 270 g/mol. The predicted octanol–water partition coefficient (Wildman–Crippen LogP) is 2.53. The molecule has 1 aromatic rings. The fourth-order valence-electron chi connectivity index (χ4n) is 1.88. The summed E-state index contributed by atoms with van der Waals surface area (Å²) in [6.07, 6.45) is 0.451. The van der Waals surface area contributed by atoms with E-state index in [-0.39, 0.29) is 11.3 Å². The van der Waals surface area contributed by atoms with E-state index in [2.05, 4.69) is 5.32 Å². The van der Waals surface area contributed by atoms with Crippen molar-refractivity contribution in [2.24, 2.45) is 5.41 Å². The Morgan fingerprint density at radius 3 is 2.38 bits per heavy atom. The summed E-state index contributed by atoms with van der Waals surface area (Å²) in [5.74, 6) is -0.0285. The zero-order valence-corrected chi connectivity index (χ0v) is 13.3. The summed E-state index contributed by atoms with van der Waals surface area (Å²) in [5, 5.41) is 2.85. The second kappa shape index (κ2) is 7.11. The smallest absolute Gasteiger partial charge is 0.341 e. The molecule has 5 nitrogen and oxygen atoms in total. The van der Waals surface area contributed by atoms with Gasteiger partial charge in [-0.05, 0) is 23.1 Å². The molecule has 0 aromatic heterocycles. The van der Waals surface area contributed by atoms with Crippen molar-refractivity contribution in [3.8, 4) is 5.75 Å². The van der Waals surface area contributed by atoms with Crippen molar-refractivity contribution in [3.63, 3.8) is 0 Å². The number of benzene rings is 1. The zero-order valence-electron chi connectivity index (χ0n) is 13.3. The van der Waals surface area contributed by atoms with E-state index < -0.39 is 5.97 Å². The van der Waals surface area contributed by atoms with Crippen molar-refractivity contribution in [1.82, 2.24) is 5.32 Å². The van der Waals surface area contributed by atoms with E-state index in [9.17, 15) is 9.59 Å². The Morgan fingerprint density at radius 2 is 1.86 bits per heavy atom. The molecule has 116 valence electrons. The number of carbonyl (C=O) groups is 2. The highest BCUT2D eigenvalue weighted by Gasteiger charge is 2.16. The van der Waals surface area contributed by atoms with Crippen LogP contribution >= 0.6 is 0 Å². The van der Waals surface area contributed by atoms with E-state index in [1.165, 1.54) is 14.2 Å². The number of ether oxygens (including phenoxy) is 2. The summed E-state index contributed by atoms with van der Waals surface area (Å²) in [6, 6.07) is 5.17. The number of amides is 1. The van der Waals surface area contributed by atoms with E-state index >= 15 is 0 Å². The molecule has 1 rings (SSSR count). The van der Waals surface area contributed by atoms with Crippen LogP contribution in [0.5, 0.6) is 5.75 Å². The molecule has 0 aliphatic heterocycles. The van der Waals surface area contributed by atoms with E-state index in [4.69, 9.17) is 9.47 Å². The molecule has 5 heteroatoms. The molecule has 0 aliphatic carbocycles. The van der Waals surface area contributed by atoms with Crippen molar-refractivity contribution in [2.45, 2.75) is 33.7 Å². The van der Waals surface area contributed by atoms with Crippen LogP contribution in [0, 0.1) is 5.41 Å². The summed E-state index contributed by atoms with van der Waals surface area (Å²) in [5.41, 5.74) is 1.11. The number of hydrogen-bond acceptors (Lipinski definition) is 4. The molecule has 0 fully saturated rings. The van der Waals surface area contributed by atoms with Gasteiger partial charge in [-0.3, -0.25) is 4.79 Å². The van der Waals surface area contributed by atoms with Crippen molar-refractivity contribution in [2.75, 3.05) is 14.2 Å². The Kier molecular flexibility index (Phi) is 5.76. The maximum absolute atomic E-state index is 11.8. The lowest BCUT2D eigenvalue weighted by atomic mass is 9.92. The van der Waals surface area contributed by atoms with Crippen LogP contribution in [0.4, 0.5) is 0 Å². The Bertz CT molecular complexity index is 517. The molecule has 0 aliphatic rings. The highest BCUT2D eigenvalue weighted by molar-refractivity contribution is 5.92. The molecular formula is C16H23NO4. The third-order valence-electron chi connectivity index (χ3n) is 2.85. The maximum atomic E-state index is 11.8. The number of carbonyl (C=O) groups excluding carboxylic acids is 2. The first-order valence-corrected chi connectivity index (χ1v) is 6.79. The normalized spacial score (nSPS) is 10.9. The molecule has 0 radical (unpaired) electrons. The zero-order chi connectivity index (χ0) is 16.0. The minimum Gasteiger partial charge on any atom is -0.496 e. The van der Waals surface area contributed by atoms with Gasteiger partial charge in [0.2, 0.25) is 5.91 Å². The van der Waals surface area contributed by atoms with Crippen molar-refractivity contribution < 1.29 is 19.1 Å². The minimum absolute atomic E-state index is 0.0158. The number of methoxy groups -OCH3 is 2. The highest BCUT2D eigenvalue weighted by atomic mass is 16.5. The van der Waals surface area contributed by atoms with E-state index in [1.54, 1.807) is 12.1 Å². The predicted molar refractivity (Wildman–Crippen MR) is 80.3 cm³/mol. The van der Waals surface area contributed by atoms with Gasteiger partial charge in [-0.25, -0.2) is 4.79 Å². The van der Waals surface area contributed by atoms with Crippen molar-refractivity contribution >= 4 is 11.9 Å². The molecule has 0 spiro atoms. The third-order valence-corrected chi connectivity index (χ3v) is 2.85. The van der Waals surface area contributed by atoms with Crippen molar-refractivity contribution in [3.05, 3.63) is 29.3 Å². The first-order chi connectivity index (χ1) is 9.76. The summed E-state index contributed by atoms with van der Waals surface area (Å²) in [6.45, 7) is 6.39. The van der Waals surface area contributed by atoms with Crippen LogP contribution in [-0.2, 0) is 16.1 Å². The molecule has 1 amide bonds. The van der Waals surface area contributed by atoms with E-state index in [0.29, 0.717) is 24.3 Å². The van der Waals surface area contributed by atoms with Crippen LogP contribution < -0.4 is 10.1 Å². The van der Waals surface area contributed by atoms with Gasteiger partial charge in [0.05, 0.1) is 14.2 Å². The number of esters is 1. The second-order valence-electron chi connectivity index (χ2n) is 6.04. The molecule has 0 saturated carbocycles. The molecule has 21 heavy (non-hydrogen) atoms. The van der Waals surface area contributed by atoms with Gasteiger partial charge in [0.1, 0.15) is 11.3 Å². The third kappa shape index (κ3) is 5.45. The molecule has 1 N–H and O–H groups in total. The highest BCUT2D eigenvalue weighted by Crippen LogP contribution is 2.21. The monoisotopic (exact) mass is 293 g/mol. The van der Waals surface area contributed by atoms with Crippen LogP contribution in [0.2, 0.25) is 0 Å². The van der Waals surface area contributed by atoms with Crippen LogP contribution in [0.25, 0.3) is 0 Å². The van der Waals surface area contributed by atoms with Gasteiger partial charge in [0, 0.05) is 13.0 Å². The molecule has 0 bridgehead atoms. The number of nitrogens with one attached hydrogen (secondary N) is 1. The first kappa shape index (κ1) is 17.0. The largest absolute Gasteiger partial charge is 0.496 e. The molecule has 0 unspecified atom stereocenters.